The van der Waals surface area contributed by atoms with Crippen LogP contribution in [0.2, 0.25) is 0 Å². The van der Waals surface area contributed by atoms with Crippen LogP contribution < -0.4 is 10.6 Å². The van der Waals surface area contributed by atoms with E-state index in [2.05, 4.69) is 15.6 Å². The van der Waals surface area contributed by atoms with Crippen molar-refractivity contribution in [1.29, 1.82) is 0 Å². The average molecular weight is 256 g/mol. The van der Waals surface area contributed by atoms with Gasteiger partial charge in [0.05, 0.1) is 9.93 Å². The summed E-state index contributed by atoms with van der Waals surface area (Å²) in [5.74, 6) is 0.434. The summed E-state index contributed by atoms with van der Waals surface area (Å²) in [6.45, 7) is 0.714. The molecule has 0 saturated heterocycles. The maximum Gasteiger partial charge on any atom is 0.274 e. The topological polar surface area (TPSA) is 80.1 Å². The molecular formula is C10H16N4O2S. The molecule has 0 aliphatic rings. The largest absolute Gasteiger partial charge is 0.370 e. The fraction of sp³-hybridized carbons (Fsp3) is 0.500. The molecule has 0 fully saturated rings. The minimum absolute atomic E-state index is 0.434. The number of nitro groups is 1. The molecule has 0 unspecified atom stereocenters. The van der Waals surface area contributed by atoms with Crippen LogP contribution in [0, 0.1) is 10.1 Å². The Morgan fingerprint density at radius 2 is 2.47 bits per heavy atom. The van der Waals surface area contributed by atoms with Crippen molar-refractivity contribution < 1.29 is 4.92 Å². The average Bonchev–Trinajstić information content (AvgIpc) is 2.79. The van der Waals surface area contributed by atoms with Crippen LogP contribution in [0.3, 0.4) is 0 Å². The van der Waals surface area contributed by atoms with Crippen molar-refractivity contribution in [2.45, 2.75) is 19.3 Å². The zero-order chi connectivity index (χ0) is 12.5. The Bertz CT molecular complexity index is 364. The van der Waals surface area contributed by atoms with Crippen LogP contribution in [-0.2, 0) is 6.42 Å². The second kappa shape index (κ2) is 7.61. The molecular weight excluding hydrogens is 240 g/mol. The second-order valence-electron chi connectivity index (χ2n) is 3.39. The molecule has 6 nitrogen and oxygen atoms in total. The molecule has 1 heterocycles. The van der Waals surface area contributed by atoms with Gasteiger partial charge in [-0.25, -0.2) is 4.98 Å². The van der Waals surface area contributed by atoms with Crippen molar-refractivity contribution in [3.05, 3.63) is 38.7 Å². The van der Waals surface area contributed by atoms with Gasteiger partial charge in [0, 0.05) is 25.2 Å². The predicted molar refractivity (Wildman–Crippen MR) is 67.2 cm³/mol. The van der Waals surface area contributed by atoms with Gasteiger partial charge in [-0.15, -0.1) is 11.3 Å². The zero-order valence-electron chi connectivity index (χ0n) is 9.68. The van der Waals surface area contributed by atoms with Crippen LogP contribution in [-0.4, -0.2) is 23.5 Å². The number of thiazole rings is 1. The number of aryl methyl sites for hydroxylation is 1. The predicted octanol–water partition coefficient (Wildman–Crippen LogP) is 1.35. The molecule has 7 heteroatoms. The van der Waals surface area contributed by atoms with Crippen molar-refractivity contribution in [3.63, 3.8) is 0 Å². The molecule has 0 saturated carbocycles. The van der Waals surface area contributed by atoms with Gasteiger partial charge in [0.2, 0.25) is 0 Å². The summed E-state index contributed by atoms with van der Waals surface area (Å²) in [7, 11) is 1.65. The normalized spacial score (nSPS) is 11.2. The fourth-order valence-electron chi connectivity index (χ4n) is 1.30. The smallest absolute Gasteiger partial charge is 0.274 e. The van der Waals surface area contributed by atoms with Crippen LogP contribution in [0.15, 0.2) is 23.6 Å². The highest BCUT2D eigenvalue weighted by Gasteiger charge is 1.99. The van der Waals surface area contributed by atoms with Crippen molar-refractivity contribution in [1.82, 2.24) is 15.6 Å². The highest BCUT2D eigenvalue weighted by molar-refractivity contribution is 7.09. The Balaban J connectivity index is 2.13. The van der Waals surface area contributed by atoms with Crippen molar-refractivity contribution >= 4 is 11.3 Å². The molecule has 0 spiro atoms. The zero-order valence-corrected chi connectivity index (χ0v) is 10.5. The van der Waals surface area contributed by atoms with E-state index in [1.165, 1.54) is 0 Å². The van der Waals surface area contributed by atoms with Crippen molar-refractivity contribution in [2.75, 3.05) is 13.6 Å². The van der Waals surface area contributed by atoms with Crippen LogP contribution in [0.5, 0.6) is 0 Å². The van der Waals surface area contributed by atoms with Gasteiger partial charge >= 0.3 is 0 Å². The highest BCUT2D eigenvalue weighted by Crippen LogP contribution is 2.07. The molecule has 0 aromatic carbocycles. The molecule has 0 bridgehead atoms. The number of aromatic nitrogens is 1. The lowest BCUT2D eigenvalue weighted by Gasteiger charge is -2.06. The van der Waals surface area contributed by atoms with E-state index in [0.717, 1.165) is 30.5 Å². The molecule has 0 amide bonds. The van der Waals surface area contributed by atoms with Gasteiger partial charge in [-0.1, -0.05) is 0 Å². The summed E-state index contributed by atoms with van der Waals surface area (Å²) < 4.78 is 0. The Kier molecular flexibility index (Phi) is 6.02. The standard InChI is InChI=1S/C10H16N4O2S/c1-11-9(8-14(15)16)12-5-3-2-4-10-13-6-7-17-10/h6-8,11-12H,2-5H2,1H3/b9-8-. The number of unbranched alkanes of at least 4 members (excludes halogenated alkanes) is 1. The summed E-state index contributed by atoms with van der Waals surface area (Å²) in [5, 5.41) is 19.1. The third-order valence-electron chi connectivity index (χ3n) is 2.12. The summed E-state index contributed by atoms with van der Waals surface area (Å²) in [4.78, 5) is 14.0. The Labute approximate surface area is 104 Å². The van der Waals surface area contributed by atoms with Gasteiger partial charge < -0.3 is 10.6 Å². The molecule has 0 radical (unpaired) electrons. The van der Waals surface area contributed by atoms with Crippen molar-refractivity contribution in [3.8, 4) is 0 Å². The van der Waals surface area contributed by atoms with Gasteiger partial charge in [0.15, 0.2) is 5.82 Å². The highest BCUT2D eigenvalue weighted by atomic mass is 32.1. The fourth-order valence-corrected chi connectivity index (χ4v) is 1.97. The lowest BCUT2D eigenvalue weighted by molar-refractivity contribution is -0.404. The van der Waals surface area contributed by atoms with E-state index in [1.807, 2.05) is 5.38 Å². The number of rotatable bonds is 8. The molecule has 1 rings (SSSR count). The Hall–Kier alpha value is -1.63. The minimum atomic E-state index is -0.478. The van der Waals surface area contributed by atoms with E-state index >= 15 is 0 Å². The minimum Gasteiger partial charge on any atom is -0.370 e. The maximum atomic E-state index is 10.3. The molecule has 94 valence electrons. The SMILES string of the molecule is CN/C(=C/[N+](=O)[O-])NCCCCc1nccs1. The first-order valence-corrected chi connectivity index (χ1v) is 6.25. The van der Waals surface area contributed by atoms with Crippen molar-refractivity contribution in [2.24, 2.45) is 0 Å². The molecule has 1 aromatic heterocycles. The molecule has 0 atom stereocenters. The van der Waals surface area contributed by atoms with Crippen LogP contribution in [0.1, 0.15) is 17.8 Å². The summed E-state index contributed by atoms with van der Waals surface area (Å²) in [6.07, 6.45) is 5.68. The molecule has 2 N–H and O–H groups in total. The molecule has 0 aliphatic carbocycles. The first-order chi connectivity index (χ1) is 8.22. The maximum absolute atomic E-state index is 10.3. The first-order valence-electron chi connectivity index (χ1n) is 5.37. The third kappa shape index (κ3) is 5.86. The van der Waals surface area contributed by atoms with E-state index < -0.39 is 4.92 Å². The van der Waals surface area contributed by atoms with Crippen LogP contribution >= 0.6 is 11.3 Å². The number of nitrogens with zero attached hydrogens (tertiary/aromatic N) is 2. The van der Waals surface area contributed by atoms with E-state index in [1.54, 1.807) is 24.6 Å². The second-order valence-corrected chi connectivity index (χ2v) is 4.37. The van der Waals surface area contributed by atoms with Gasteiger partial charge in [0.25, 0.3) is 6.20 Å². The van der Waals surface area contributed by atoms with Crippen LogP contribution in [0.4, 0.5) is 0 Å². The van der Waals surface area contributed by atoms with Gasteiger partial charge in [0.1, 0.15) is 0 Å². The van der Waals surface area contributed by atoms with Gasteiger partial charge in [-0.3, -0.25) is 10.1 Å². The Morgan fingerprint density at radius 3 is 3.06 bits per heavy atom. The monoisotopic (exact) mass is 256 g/mol. The quantitative estimate of drug-likeness (QED) is 0.417. The van der Waals surface area contributed by atoms with E-state index in [9.17, 15) is 10.1 Å². The first kappa shape index (κ1) is 13.4. The van der Waals surface area contributed by atoms with Gasteiger partial charge in [-0.2, -0.15) is 0 Å². The molecule has 17 heavy (non-hydrogen) atoms. The van der Waals surface area contributed by atoms with E-state index in [4.69, 9.17) is 0 Å². The Morgan fingerprint density at radius 1 is 1.65 bits per heavy atom. The van der Waals surface area contributed by atoms with Crippen LogP contribution in [0.25, 0.3) is 0 Å². The van der Waals surface area contributed by atoms with E-state index in [0.29, 0.717) is 12.4 Å². The summed E-state index contributed by atoms with van der Waals surface area (Å²) in [6, 6.07) is 0. The molecule has 1 aromatic rings. The molecule has 0 aliphatic heterocycles. The third-order valence-corrected chi connectivity index (χ3v) is 2.96. The number of hydrogen-bond donors (Lipinski definition) is 2. The number of hydrogen-bond acceptors (Lipinski definition) is 6. The lowest BCUT2D eigenvalue weighted by Crippen LogP contribution is -2.25. The van der Waals surface area contributed by atoms with Gasteiger partial charge in [-0.05, 0) is 19.3 Å². The summed E-state index contributed by atoms with van der Waals surface area (Å²) in [5.41, 5.74) is 0. The van der Waals surface area contributed by atoms with E-state index in [-0.39, 0.29) is 0 Å². The number of nitrogens with one attached hydrogen (secondary N) is 2. The summed E-state index contributed by atoms with van der Waals surface area (Å²) >= 11 is 1.66. The lowest BCUT2D eigenvalue weighted by atomic mass is 10.2.